The summed E-state index contributed by atoms with van der Waals surface area (Å²) in [5, 5.41) is 3.36. The molecule has 1 aliphatic carbocycles. The molecule has 3 heteroatoms. The highest BCUT2D eigenvalue weighted by Gasteiger charge is 2.12. The minimum atomic E-state index is 0.573. The maximum absolute atomic E-state index is 5.92. The Bertz CT molecular complexity index is 242. The molecule has 0 radical (unpaired) electrons. The number of guanidine groups is 1. The lowest BCUT2D eigenvalue weighted by molar-refractivity contribution is 0.412. The lowest BCUT2D eigenvalue weighted by Gasteiger charge is -2.23. The van der Waals surface area contributed by atoms with Crippen LogP contribution >= 0.6 is 0 Å². The van der Waals surface area contributed by atoms with Gasteiger partial charge in [0.05, 0.1) is 0 Å². The molecule has 3 N–H and O–H groups in total. The largest absolute Gasteiger partial charge is 0.370 e. The third-order valence-electron chi connectivity index (χ3n) is 3.93. The first-order chi connectivity index (χ1) is 9.18. The zero-order valence-corrected chi connectivity index (χ0v) is 13.0. The first-order valence-electron chi connectivity index (χ1n) is 8.25. The van der Waals surface area contributed by atoms with Gasteiger partial charge >= 0.3 is 0 Å². The highest BCUT2D eigenvalue weighted by atomic mass is 15.1. The molecule has 0 aromatic carbocycles. The van der Waals surface area contributed by atoms with E-state index in [1.165, 1.54) is 64.2 Å². The molecule has 0 unspecified atom stereocenters. The monoisotopic (exact) mass is 267 g/mol. The zero-order valence-electron chi connectivity index (χ0n) is 13.0. The third kappa shape index (κ3) is 8.90. The maximum Gasteiger partial charge on any atom is 0.188 e. The molecule has 112 valence electrons. The Kier molecular flexibility index (Phi) is 8.68. The Labute approximate surface area is 119 Å². The average molecular weight is 267 g/mol. The molecular formula is C16H33N3. The van der Waals surface area contributed by atoms with Crippen molar-refractivity contribution in [3.05, 3.63) is 0 Å². The molecule has 0 aromatic heterocycles. The van der Waals surface area contributed by atoms with E-state index in [0.29, 0.717) is 12.0 Å². The summed E-state index contributed by atoms with van der Waals surface area (Å²) < 4.78 is 0. The van der Waals surface area contributed by atoms with Gasteiger partial charge in [-0.25, -0.2) is 0 Å². The standard InChI is InChI=1S/C16H33N3/c1-14(2)10-6-3-4-9-13-18-16(17)19-15-11-7-5-8-12-15/h14-15H,3-13H2,1-2H3,(H3,17,18,19). The molecule has 1 rings (SSSR count). The molecule has 3 nitrogen and oxygen atoms in total. The summed E-state index contributed by atoms with van der Waals surface area (Å²) in [6.07, 6.45) is 13.1. The van der Waals surface area contributed by atoms with Gasteiger partial charge in [0.1, 0.15) is 0 Å². The Balaban J connectivity index is 1.98. The number of rotatable bonds is 8. The Morgan fingerprint density at radius 3 is 2.47 bits per heavy atom. The van der Waals surface area contributed by atoms with Gasteiger partial charge in [-0.2, -0.15) is 0 Å². The smallest absolute Gasteiger partial charge is 0.188 e. The normalized spacial score (nSPS) is 17.9. The molecule has 19 heavy (non-hydrogen) atoms. The van der Waals surface area contributed by atoms with Crippen molar-refractivity contribution < 1.29 is 0 Å². The molecule has 0 atom stereocenters. The van der Waals surface area contributed by atoms with Crippen LogP contribution in [0.15, 0.2) is 4.99 Å². The second-order valence-corrected chi connectivity index (χ2v) is 6.34. The topological polar surface area (TPSA) is 50.4 Å². The number of nitrogens with two attached hydrogens (primary N) is 1. The fourth-order valence-electron chi connectivity index (χ4n) is 2.72. The van der Waals surface area contributed by atoms with Crippen LogP contribution in [0.4, 0.5) is 0 Å². The zero-order chi connectivity index (χ0) is 13.9. The second-order valence-electron chi connectivity index (χ2n) is 6.34. The van der Waals surface area contributed by atoms with Crippen LogP contribution in [-0.2, 0) is 0 Å². The third-order valence-corrected chi connectivity index (χ3v) is 3.93. The molecule has 0 amide bonds. The lowest BCUT2D eigenvalue weighted by atomic mass is 9.96. The molecule has 1 saturated carbocycles. The van der Waals surface area contributed by atoms with Crippen molar-refractivity contribution in [3.63, 3.8) is 0 Å². The van der Waals surface area contributed by atoms with Crippen molar-refractivity contribution in [1.82, 2.24) is 5.32 Å². The molecule has 0 aliphatic heterocycles. The van der Waals surface area contributed by atoms with Crippen LogP contribution in [0.1, 0.15) is 78.1 Å². The van der Waals surface area contributed by atoms with Crippen LogP contribution < -0.4 is 11.1 Å². The number of aliphatic imine (C=N–C) groups is 1. The first kappa shape index (κ1) is 16.3. The Morgan fingerprint density at radius 2 is 1.79 bits per heavy atom. The number of nitrogens with one attached hydrogen (secondary N) is 1. The van der Waals surface area contributed by atoms with Gasteiger partial charge in [0.25, 0.3) is 0 Å². The maximum atomic E-state index is 5.92. The SMILES string of the molecule is CC(C)CCCCCCN=C(N)NC1CCCCC1. The Hall–Kier alpha value is -0.730. The van der Waals surface area contributed by atoms with E-state index in [4.69, 9.17) is 5.73 Å². The van der Waals surface area contributed by atoms with E-state index in [2.05, 4.69) is 24.2 Å². The van der Waals surface area contributed by atoms with Gasteiger partial charge in [0.2, 0.25) is 0 Å². The van der Waals surface area contributed by atoms with Gasteiger partial charge in [-0.3, -0.25) is 4.99 Å². The summed E-state index contributed by atoms with van der Waals surface area (Å²) >= 11 is 0. The van der Waals surface area contributed by atoms with Gasteiger partial charge in [-0.05, 0) is 25.2 Å². The summed E-state index contributed by atoms with van der Waals surface area (Å²) in [6.45, 7) is 5.47. The fourth-order valence-corrected chi connectivity index (χ4v) is 2.72. The van der Waals surface area contributed by atoms with Crippen LogP contribution in [0.3, 0.4) is 0 Å². The van der Waals surface area contributed by atoms with Gasteiger partial charge in [-0.1, -0.05) is 58.8 Å². The Morgan fingerprint density at radius 1 is 1.11 bits per heavy atom. The number of hydrogen-bond acceptors (Lipinski definition) is 1. The molecule has 0 heterocycles. The van der Waals surface area contributed by atoms with Crippen LogP contribution in [0, 0.1) is 5.92 Å². The highest BCUT2D eigenvalue weighted by molar-refractivity contribution is 5.78. The predicted molar refractivity (Wildman–Crippen MR) is 84.4 cm³/mol. The van der Waals surface area contributed by atoms with Gasteiger partial charge in [0, 0.05) is 12.6 Å². The summed E-state index contributed by atoms with van der Waals surface area (Å²) in [6, 6.07) is 0.573. The van der Waals surface area contributed by atoms with Crippen molar-refractivity contribution in [2.24, 2.45) is 16.6 Å². The molecule has 1 fully saturated rings. The van der Waals surface area contributed by atoms with Crippen LogP contribution in [-0.4, -0.2) is 18.5 Å². The van der Waals surface area contributed by atoms with E-state index in [-0.39, 0.29) is 0 Å². The minimum absolute atomic E-state index is 0.573. The highest BCUT2D eigenvalue weighted by Crippen LogP contribution is 2.17. The number of nitrogens with zero attached hydrogens (tertiary/aromatic N) is 1. The predicted octanol–water partition coefficient (Wildman–Crippen LogP) is 3.83. The molecule has 0 saturated heterocycles. The van der Waals surface area contributed by atoms with Crippen molar-refractivity contribution in [1.29, 1.82) is 0 Å². The summed E-state index contributed by atoms with van der Waals surface area (Å²) in [7, 11) is 0. The average Bonchev–Trinajstić information content (AvgIpc) is 2.38. The molecule has 1 aliphatic rings. The van der Waals surface area contributed by atoms with Crippen molar-refractivity contribution in [3.8, 4) is 0 Å². The first-order valence-corrected chi connectivity index (χ1v) is 8.25. The van der Waals surface area contributed by atoms with E-state index in [1.807, 2.05) is 0 Å². The van der Waals surface area contributed by atoms with E-state index in [9.17, 15) is 0 Å². The quantitative estimate of drug-likeness (QED) is 0.399. The van der Waals surface area contributed by atoms with Crippen LogP contribution in [0.5, 0.6) is 0 Å². The van der Waals surface area contributed by atoms with Gasteiger partial charge in [-0.15, -0.1) is 0 Å². The van der Waals surface area contributed by atoms with E-state index < -0.39 is 0 Å². The molecular weight excluding hydrogens is 234 g/mol. The van der Waals surface area contributed by atoms with Gasteiger partial charge < -0.3 is 11.1 Å². The second kappa shape index (κ2) is 10.1. The van der Waals surface area contributed by atoms with E-state index >= 15 is 0 Å². The summed E-state index contributed by atoms with van der Waals surface area (Å²) in [5.41, 5.74) is 5.92. The fraction of sp³-hybridized carbons (Fsp3) is 0.938. The van der Waals surface area contributed by atoms with Crippen molar-refractivity contribution >= 4 is 5.96 Å². The van der Waals surface area contributed by atoms with Crippen molar-refractivity contribution in [2.45, 2.75) is 84.1 Å². The molecule has 0 spiro atoms. The van der Waals surface area contributed by atoms with E-state index in [1.54, 1.807) is 0 Å². The minimum Gasteiger partial charge on any atom is -0.370 e. The molecule has 0 bridgehead atoms. The van der Waals surface area contributed by atoms with Crippen LogP contribution in [0.2, 0.25) is 0 Å². The van der Waals surface area contributed by atoms with Crippen molar-refractivity contribution in [2.75, 3.05) is 6.54 Å². The summed E-state index contributed by atoms with van der Waals surface area (Å²) in [4.78, 5) is 4.43. The lowest BCUT2D eigenvalue weighted by Crippen LogP contribution is -2.41. The summed E-state index contributed by atoms with van der Waals surface area (Å²) in [5.74, 6) is 1.50. The molecule has 0 aromatic rings. The number of unbranched alkanes of at least 4 members (excludes halogenated alkanes) is 3. The van der Waals surface area contributed by atoms with Crippen LogP contribution in [0.25, 0.3) is 0 Å². The van der Waals surface area contributed by atoms with E-state index in [0.717, 1.165) is 12.5 Å². The van der Waals surface area contributed by atoms with Gasteiger partial charge in [0.15, 0.2) is 5.96 Å². The number of hydrogen-bond donors (Lipinski definition) is 2.